The van der Waals surface area contributed by atoms with Gasteiger partial charge in [0.05, 0.1) is 12.0 Å². The number of halogens is 1. The second-order valence-corrected chi connectivity index (χ2v) is 6.20. The Balaban J connectivity index is 2.57. The van der Waals surface area contributed by atoms with Gasteiger partial charge in [-0.25, -0.2) is 8.42 Å². The monoisotopic (exact) mass is 282 g/mol. The Hall–Kier alpha value is -1.52. The second-order valence-electron chi connectivity index (χ2n) is 3.66. The first-order valence-corrected chi connectivity index (χ1v) is 7.51. The van der Waals surface area contributed by atoms with E-state index in [1.807, 2.05) is 0 Å². The van der Waals surface area contributed by atoms with Crippen LogP contribution in [0.25, 0.3) is 11.1 Å². The van der Waals surface area contributed by atoms with Gasteiger partial charge < -0.3 is 4.74 Å². The van der Waals surface area contributed by atoms with E-state index in [0.29, 0.717) is 11.3 Å². The molecular formula is C13H11ClO3S. The van der Waals surface area contributed by atoms with Gasteiger partial charge in [0.2, 0.25) is 0 Å². The summed E-state index contributed by atoms with van der Waals surface area (Å²) in [7, 11) is 3.24. The molecule has 2 aromatic carbocycles. The number of hydrogen-bond acceptors (Lipinski definition) is 3. The molecule has 0 fully saturated rings. The van der Waals surface area contributed by atoms with Gasteiger partial charge in [-0.2, -0.15) is 0 Å². The number of ether oxygens (including phenoxy) is 1. The first-order chi connectivity index (χ1) is 8.52. The molecule has 0 N–H and O–H groups in total. The highest BCUT2D eigenvalue weighted by Crippen LogP contribution is 2.30. The summed E-state index contributed by atoms with van der Waals surface area (Å²) in [5.74, 6) is 0.713. The normalized spacial score (nSPS) is 11.2. The van der Waals surface area contributed by atoms with E-state index in [4.69, 9.17) is 15.4 Å². The van der Waals surface area contributed by atoms with Crippen molar-refractivity contribution in [2.75, 3.05) is 7.11 Å². The number of rotatable bonds is 3. The fraction of sp³-hybridized carbons (Fsp3) is 0.0769. The van der Waals surface area contributed by atoms with Gasteiger partial charge >= 0.3 is 0 Å². The molecule has 5 heteroatoms. The van der Waals surface area contributed by atoms with Crippen molar-refractivity contribution in [2.24, 2.45) is 0 Å². The Bertz CT molecular complexity index is 648. The number of hydrogen-bond donors (Lipinski definition) is 0. The predicted octanol–water partition coefficient (Wildman–Crippen LogP) is 3.29. The average Bonchev–Trinajstić information content (AvgIpc) is 2.38. The van der Waals surface area contributed by atoms with Crippen molar-refractivity contribution in [2.45, 2.75) is 4.90 Å². The Morgan fingerprint density at radius 2 is 1.61 bits per heavy atom. The van der Waals surface area contributed by atoms with Crippen LogP contribution < -0.4 is 4.74 Å². The standard InChI is InChI=1S/C13H11ClO3S/c1-17-11-8-6-10(7-9-11)12-4-2-3-5-13(12)18(14,15)16/h2-9H,1H3. The highest BCUT2D eigenvalue weighted by Gasteiger charge is 2.15. The number of benzene rings is 2. The molecular weight excluding hydrogens is 272 g/mol. The van der Waals surface area contributed by atoms with Crippen molar-refractivity contribution in [3.8, 4) is 16.9 Å². The zero-order valence-corrected chi connectivity index (χ0v) is 11.2. The van der Waals surface area contributed by atoms with Gasteiger partial charge in [-0.1, -0.05) is 30.3 Å². The quantitative estimate of drug-likeness (QED) is 0.812. The Kier molecular flexibility index (Phi) is 3.59. The van der Waals surface area contributed by atoms with Gasteiger partial charge in [0, 0.05) is 16.2 Å². The summed E-state index contributed by atoms with van der Waals surface area (Å²) in [4.78, 5) is 0.108. The molecule has 0 amide bonds. The molecule has 0 aromatic heterocycles. The Morgan fingerprint density at radius 1 is 1.00 bits per heavy atom. The van der Waals surface area contributed by atoms with Crippen LogP contribution in [0.5, 0.6) is 5.75 Å². The highest BCUT2D eigenvalue weighted by molar-refractivity contribution is 8.13. The van der Waals surface area contributed by atoms with Crippen LogP contribution in [-0.2, 0) is 9.05 Å². The van der Waals surface area contributed by atoms with Crippen molar-refractivity contribution < 1.29 is 13.2 Å². The van der Waals surface area contributed by atoms with Crippen molar-refractivity contribution in [1.29, 1.82) is 0 Å². The van der Waals surface area contributed by atoms with E-state index < -0.39 is 9.05 Å². The minimum Gasteiger partial charge on any atom is -0.497 e. The second kappa shape index (κ2) is 5.00. The van der Waals surface area contributed by atoms with E-state index >= 15 is 0 Å². The summed E-state index contributed by atoms with van der Waals surface area (Å²) in [5.41, 5.74) is 1.35. The van der Waals surface area contributed by atoms with Gasteiger partial charge in [0.1, 0.15) is 5.75 Å². The lowest BCUT2D eigenvalue weighted by Crippen LogP contribution is -1.94. The van der Waals surface area contributed by atoms with E-state index in [1.165, 1.54) is 6.07 Å². The molecule has 0 aliphatic rings. The van der Waals surface area contributed by atoms with Crippen molar-refractivity contribution in [3.63, 3.8) is 0 Å². The van der Waals surface area contributed by atoms with Crippen LogP contribution in [0, 0.1) is 0 Å². The zero-order valence-electron chi connectivity index (χ0n) is 9.63. The van der Waals surface area contributed by atoms with Crippen LogP contribution in [0.3, 0.4) is 0 Å². The van der Waals surface area contributed by atoms with E-state index in [1.54, 1.807) is 49.6 Å². The van der Waals surface area contributed by atoms with Crippen LogP contribution in [0.1, 0.15) is 0 Å². The highest BCUT2D eigenvalue weighted by atomic mass is 35.7. The Labute approximate surface area is 110 Å². The topological polar surface area (TPSA) is 43.4 Å². The lowest BCUT2D eigenvalue weighted by Gasteiger charge is -2.07. The lowest BCUT2D eigenvalue weighted by atomic mass is 10.1. The molecule has 0 bridgehead atoms. The van der Waals surface area contributed by atoms with Crippen molar-refractivity contribution >= 4 is 19.7 Å². The third kappa shape index (κ3) is 2.66. The van der Waals surface area contributed by atoms with Crippen LogP contribution in [0.2, 0.25) is 0 Å². The zero-order chi connectivity index (χ0) is 13.2. The molecule has 0 spiro atoms. The summed E-state index contributed by atoms with van der Waals surface area (Å²) < 4.78 is 28.0. The molecule has 2 rings (SSSR count). The molecule has 18 heavy (non-hydrogen) atoms. The van der Waals surface area contributed by atoms with E-state index in [-0.39, 0.29) is 4.90 Å². The first kappa shape index (κ1) is 12.9. The molecule has 94 valence electrons. The largest absolute Gasteiger partial charge is 0.497 e. The number of methoxy groups -OCH3 is 1. The minimum absolute atomic E-state index is 0.108. The molecule has 0 saturated carbocycles. The molecule has 0 radical (unpaired) electrons. The summed E-state index contributed by atoms with van der Waals surface area (Å²) in [6.45, 7) is 0. The van der Waals surface area contributed by atoms with Crippen LogP contribution >= 0.6 is 10.7 Å². The maximum atomic E-state index is 11.5. The van der Waals surface area contributed by atoms with Crippen LogP contribution in [-0.4, -0.2) is 15.5 Å². The summed E-state index contributed by atoms with van der Waals surface area (Å²) >= 11 is 0. The third-order valence-corrected chi connectivity index (χ3v) is 3.93. The van der Waals surface area contributed by atoms with Gasteiger partial charge in [0.25, 0.3) is 9.05 Å². The fourth-order valence-electron chi connectivity index (χ4n) is 1.69. The molecule has 0 heterocycles. The van der Waals surface area contributed by atoms with E-state index in [2.05, 4.69) is 0 Å². The van der Waals surface area contributed by atoms with Crippen LogP contribution in [0.15, 0.2) is 53.4 Å². The molecule has 2 aromatic rings. The maximum Gasteiger partial charge on any atom is 0.261 e. The molecule has 0 atom stereocenters. The fourth-order valence-corrected chi connectivity index (χ4v) is 2.78. The molecule has 0 unspecified atom stereocenters. The minimum atomic E-state index is -3.76. The maximum absolute atomic E-state index is 11.5. The third-order valence-electron chi connectivity index (χ3n) is 2.55. The average molecular weight is 283 g/mol. The van der Waals surface area contributed by atoms with Crippen molar-refractivity contribution in [3.05, 3.63) is 48.5 Å². The molecule has 3 nitrogen and oxygen atoms in total. The first-order valence-electron chi connectivity index (χ1n) is 5.20. The van der Waals surface area contributed by atoms with Gasteiger partial charge in [-0.05, 0) is 23.8 Å². The SMILES string of the molecule is COc1ccc(-c2ccccc2S(=O)(=O)Cl)cc1. The Morgan fingerprint density at radius 3 is 2.17 bits per heavy atom. The van der Waals surface area contributed by atoms with Crippen LogP contribution in [0.4, 0.5) is 0 Å². The lowest BCUT2D eigenvalue weighted by molar-refractivity contribution is 0.415. The van der Waals surface area contributed by atoms with Gasteiger partial charge in [-0.3, -0.25) is 0 Å². The van der Waals surface area contributed by atoms with Gasteiger partial charge in [-0.15, -0.1) is 0 Å². The smallest absolute Gasteiger partial charge is 0.261 e. The van der Waals surface area contributed by atoms with Gasteiger partial charge in [0.15, 0.2) is 0 Å². The summed E-state index contributed by atoms with van der Waals surface area (Å²) in [5, 5.41) is 0. The summed E-state index contributed by atoms with van der Waals surface area (Å²) in [6.07, 6.45) is 0. The molecule has 0 aliphatic heterocycles. The summed E-state index contributed by atoms with van der Waals surface area (Å²) in [6, 6.07) is 13.7. The predicted molar refractivity (Wildman–Crippen MR) is 71.5 cm³/mol. The molecule has 0 saturated heterocycles. The van der Waals surface area contributed by atoms with E-state index in [0.717, 1.165) is 5.56 Å². The van der Waals surface area contributed by atoms with Crippen molar-refractivity contribution in [1.82, 2.24) is 0 Å². The molecule has 0 aliphatic carbocycles. The van der Waals surface area contributed by atoms with E-state index in [9.17, 15) is 8.42 Å².